The predicted octanol–water partition coefficient (Wildman–Crippen LogP) is 11.3. The summed E-state index contributed by atoms with van der Waals surface area (Å²) in [6.45, 7) is 0. The van der Waals surface area contributed by atoms with Gasteiger partial charge in [0, 0.05) is 49.6 Å². The van der Waals surface area contributed by atoms with Gasteiger partial charge in [0.1, 0.15) is 17.3 Å². The van der Waals surface area contributed by atoms with Crippen molar-refractivity contribution in [1.82, 2.24) is 38.6 Å². The molecule has 6 aromatic carbocycles. The topological polar surface area (TPSA) is 79.2 Å². The zero-order valence-corrected chi connectivity index (χ0v) is 30.4. The minimum Gasteiger partial charge on any atom is -0.294 e. The van der Waals surface area contributed by atoms with Gasteiger partial charge in [0.05, 0.1) is 27.6 Å². The van der Waals surface area contributed by atoms with Gasteiger partial charge in [-0.1, -0.05) is 127 Å². The molecule has 0 radical (unpaired) electrons. The molecule has 6 heterocycles. The molecule has 0 aliphatic heterocycles. The molecule has 0 fully saturated rings. The third kappa shape index (κ3) is 4.71. The minimum atomic E-state index is 0.495. The van der Waals surface area contributed by atoms with E-state index in [-0.39, 0.29) is 0 Å². The van der Waals surface area contributed by atoms with Crippen LogP contribution >= 0.6 is 0 Å². The molecule has 8 nitrogen and oxygen atoms in total. The van der Waals surface area contributed by atoms with Crippen LogP contribution in [0, 0.1) is 0 Å². The fourth-order valence-corrected chi connectivity index (χ4v) is 8.55. The summed E-state index contributed by atoms with van der Waals surface area (Å²) >= 11 is 0. The van der Waals surface area contributed by atoms with Crippen LogP contribution in [0.25, 0.3) is 106 Å². The Labute approximate surface area is 325 Å². The fraction of sp³-hybridized carbons (Fsp3) is 0. The highest BCUT2D eigenvalue weighted by Gasteiger charge is 2.24. The lowest BCUT2D eigenvalue weighted by Crippen LogP contribution is -2.07. The number of fused-ring (bicyclic) bond motifs is 10. The van der Waals surface area contributed by atoms with Crippen LogP contribution in [-0.4, -0.2) is 38.6 Å². The Bertz CT molecular complexity index is 3410. The van der Waals surface area contributed by atoms with Gasteiger partial charge in [-0.05, 0) is 48.5 Å². The maximum absolute atomic E-state index is 5.47. The van der Waals surface area contributed by atoms with E-state index in [9.17, 15) is 0 Å². The smallest absolute Gasteiger partial charge is 0.240 e. The van der Waals surface area contributed by atoms with E-state index < -0.39 is 0 Å². The lowest BCUT2D eigenvalue weighted by atomic mass is 10.1. The van der Waals surface area contributed by atoms with Crippen molar-refractivity contribution in [3.63, 3.8) is 0 Å². The van der Waals surface area contributed by atoms with Crippen molar-refractivity contribution in [1.29, 1.82) is 0 Å². The van der Waals surface area contributed by atoms with Gasteiger partial charge >= 0.3 is 0 Å². The Morgan fingerprint density at radius 2 is 0.860 bits per heavy atom. The Hall–Kier alpha value is -7.97. The van der Waals surface area contributed by atoms with Crippen LogP contribution < -0.4 is 0 Å². The van der Waals surface area contributed by atoms with Gasteiger partial charge in [0.15, 0.2) is 11.6 Å². The van der Waals surface area contributed by atoms with Gasteiger partial charge in [0.25, 0.3) is 0 Å². The van der Waals surface area contributed by atoms with Crippen LogP contribution in [0.2, 0.25) is 0 Å². The highest BCUT2D eigenvalue weighted by molar-refractivity contribution is 6.25. The molecule has 0 bridgehead atoms. The van der Waals surface area contributed by atoms with Crippen molar-refractivity contribution in [3.8, 4) is 40.4 Å². The van der Waals surface area contributed by atoms with Crippen LogP contribution in [-0.2, 0) is 0 Å². The van der Waals surface area contributed by atoms with Crippen LogP contribution in [0.3, 0.4) is 0 Å². The Morgan fingerprint density at radius 3 is 1.49 bits per heavy atom. The second kappa shape index (κ2) is 12.3. The molecule has 12 aromatic rings. The highest BCUT2D eigenvalue weighted by Crippen LogP contribution is 2.41. The second-order valence-corrected chi connectivity index (χ2v) is 14.2. The van der Waals surface area contributed by atoms with Crippen molar-refractivity contribution in [2.75, 3.05) is 0 Å². The van der Waals surface area contributed by atoms with E-state index in [1.54, 1.807) is 0 Å². The van der Waals surface area contributed by atoms with Crippen LogP contribution in [0.4, 0.5) is 0 Å². The molecule has 0 saturated heterocycles. The Balaban J connectivity index is 1.17. The molecule has 0 N–H and O–H groups in total. The van der Waals surface area contributed by atoms with E-state index in [4.69, 9.17) is 24.9 Å². The molecule has 6 aromatic heterocycles. The highest BCUT2D eigenvalue weighted by atomic mass is 15.2. The predicted molar refractivity (Wildman–Crippen MR) is 229 cm³/mol. The van der Waals surface area contributed by atoms with Crippen molar-refractivity contribution in [2.45, 2.75) is 0 Å². The van der Waals surface area contributed by atoms with Gasteiger partial charge in [-0.3, -0.25) is 13.7 Å². The Morgan fingerprint density at radius 1 is 0.333 bits per heavy atom. The number of para-hydroxylation sites is 3. The summed E-state index contributed by atoms with van der Waals surface area (Å²) in [6, 6.07) is 60.6. The van der Waals surface area contributed by atoms with Crippen molar-refractivity contribution in [3.05, 3.63) is 182 Å². The maximum Gasteiger partial charge on any atom is 0.240 e. The molecule has 8 heteroatoms. The summed E-state index contributed by atoms with van der Waals surface area (Å²) in [4.78, 5) is 25.7. The lowest BCUT2D eigenvalue weighted by Gasteiger charge is -2.12. The third-order valence-electron chi connectivity index (χ3n) is 11.0. The molecule has 0 aliphatic carbocycles. The quantitative estimate of drug-likeness (QED) is 0.176. The van der Waals surface area contributed by atoms with Crippen molar-refractivity contribution in [2.24, 2.45) is 0 Å². The zero-order chi connectivity index (χ0) is 37.5. The molecule has 0 amide bonds. The Kier molecular flexibility index (Phi) is 6.76. The SMILES string of the molecule is c1ccc(-c2nc(-c3ccccc3)nc(-n3c4ccc5c6ccccc6n(-c6cccc(-n7c8ccccc8c8ccccc87)n6)c5c4c4cccnc43)n2)cc1. The van der Waals surface area contributed by atoms with Gasteiger partial charge in [-0.25, -0.2) is 15.0 Å². The van der Waals surface area contributed by atoms with E-state index in [1.165, 1.54) is 10.8 Å². The first-order valence-electron chi connectivity index (χ1n) is 18.9. The average Bonchev–Trinajstić information content (AvgIpc) is 3.93. The van der Waals surface area contributed by atoms with Gasteiger partial charge < -0.3 is 0 Å². The number of hydrogen-bond acceptors (Lipinski definition) is 5. The molecule has 0 atom stereocenters. The van der Waals surface area contributed by atoms with E-state index >= 15 is 0 Å². The number of benzene rings is 6. The summed E-state index contributed by atoms with van der Waals surface area (Å²) < 4.78 is 6.65. The number of rotatable bonds is 5. The third-order valence-corrected chi connectivity index (χ3v) is 11.0. The molecule has 12 rings (SSSR count). The first-order valence-corrected chi connectivity index (χ1v) is 18.9. The van der Waals surface area contributed by atoms with Crippen molar-refractivity contribution >= 4 is 65.5 Å². The second-order valence-electron chi connectivity index (χ2n) is 14.2. The maximum atomic E-state index is 5.47. The monoisotopic (exact) mass is 730 g/mol. The van der Waals surface area contributed by atoms with E-state index in [0.29, 0.717) is 17.6 Å². The minimum absolute atomic E-state index is 0.495. The number of nitrogens with zero attached hydrogens (tertiary/aromatic N) is 8. The molecule has 57 heavy (non-hydrogen) atoms. The number of aromatic nitrogens is 8. The van der Waals surface area contributed by atoms with E-state index in [1.807, 2.05) is 72.9 Å². The normalized spacial score (nSPS) is 11.9. The van der Waals surface area contributed by atoms with Crippen LogP contribution in [0.15, 0.2) is 182 Å². The molecular formula is C49H30N8. The zero-order valence-electron chi connectivity index (χ0n) is 30.4. The van der Waals surface area contributed by atoms with E-state index in [0.717, 1.165) is 77.5 Å². The summed E-state index contributed by atoms with van der Waals surface area (Å²) in [6.07, 6.45) is 1.83. The summed E-state index contributed by atoms with van der Waals surface area (Å²) in [5.41, 5.74) is 7.84. The van der Waals surface area contributed by atoms with Crippen molar-refractivity contribution < 1.29 is 0 Å². The lowest BCUT2D eigenvalue weighted by molar-refractivity contribution is 0.944. The van der Waals surface area contributed by atoms with Gasteiger partial charge in [-0.2, -0.15) is 9.97 Å². The fourth-order valence-electron chi connectivity index (χ4n) is 8.55. The molecule has 0 saturated carbocycles. The molecule has 0 aliphatic rings. The first-order chi connectivity index (χ1) is 28.3. The average molecular weight is 731 g/mol. The first kappa shape index (κ1) is 31.4. The van der Waals surface area contributed by atoms with Crippen LogP contribution in [0.1, 0.15) is 0 Å². The van der Waals surface area contributed by atoms with Gasteiger partial charge in [-0.15, -0.1) is 0 Å². The summed E-state index contributed by atoms with van der Waals surface area (Å²) in [5, 5.41) is 6.69. The number of pyridine rings is 2. The molecule has 0 unspecified atom stereocenters. The molecule has 0 spiro atoms. The summed E-state index contributed by atoms with van der Waals surface area (Å²) in [5.74, 6) is 3.34. The van der Waals surface area contributed by atoms with Crippen LogP contribution in [0.5, 0.6) is 0 Å². The molecular weight excluding hydrogens is 701 g/mol. The largest absolute Gasteiger partial charge is 0.294 e. The summed E-state index contributed by atoms with van der Waals surface area (Å²) in [7, 11) is 0. The van der Waals surface area contributed by atoms with Gasteiger partial charge in [0.2, 0.25) is 5.95 Å². The number of hydrogen-bond donors (Lipinski definition) is 0. The standard InChI is InChI=1S/C49H30N8/c1-3-15-31(16-4-1)46-52-47(32-17-5-2-6-18-32)54-49(53-46)57-41-29-28-36-35-21-9-12-25-40(35)56(45(36)44(41)37-22-14-30-50-48(37)57)43-27-13-26-42(51-43)55-38-23-10-7-19-33(38)34-20-8-11-24-39(34)55/h1-30H. The molecule has 266 valence electrons. The van der Waals surface area contributed by atoms with E-state index in [2.05, 4.69) is 123 Å².